The zero-order valence-electron chi connectivity index (χ0n) is 10.4. The Morgan fingerprint density at radius 2 is 2.00 bits per heavy atom. The zero-order chi connectivity index (χ0) is 11.4. The molecule has 0 heterocycles. The first kappa shape index (κ1) is 13.7. The fraction of sp³-hybridized carbons (Fsp3) is 0.833. The SMILES string of the molecule is C=C(C)C(C)(C)C(C)CN(C)CCN. The Bertz CT molecular complexity index is 185. The lowest BCUT2D eigenvalue weighted by Gasteiger charge is -2.35. The van der Waals surface area contributed by atoms with Gasteiger partial charge in [-0.1, -0.05) is 32.9 Å². The monoisotopic (exact) mass is 198 g/mol. The van der Waals surface area contributed by atoms with E-state index < -0.39 is 0 Å². The van der Waals surface area contributed by atoms with Crippen LogP contribution in [0.2, 0.25) is 0 Å². The minimum absolute atomic E-state index is 0.211. The van der Waals surface area contributed by atoms with Crippen LogP contribution in [0, 0.1) is 11.3 Å². The number of likely N-dealkylation sites (N-methyl/N-ethyl adjacent to an activating group) is 1. The minimum atomic E-state index is 0.211. The third-order valence-electron chi connectivity index (χ3n) is 3.43. The van der Waals surface area contributed by atoms with Crippen molar-refractivity contribution in [3.63, 3.8) is 0 Å². The molecule has 0 amide bonds. The van der Waals surface area contributed by atoms with E-state index >= 15 is 0 Å². The van der Waals surface area contributed by atoms with E-state index in [0.717, 1.165) is 19.6 Å². The molecule has 0 aliphatic rings. The molecule has 2 N–H and O–H groups in total. The van der Waals surface area contributed by atoms with E-state index in [9.17, 15) is 0 Å². The summed E-state index contributed by atoms with van der Waals surface area (Å²) in [5.74, 6) is 0.608. The number of allylic oxidation sites excluding steroid dienone is 1. The Labute approximate surface area is 89.2 Å². The van der Waals surface area contributed by atoms with Crippen LogP contribution < -0.4 is 5.73 Å². The standard InChI is InChI=1S/C12H26N2/c1-10(2)12(4,5)11(3)9-14(6)8-7-13/h11H,1,7-9,13H2,2-6H3. The maximum absolute atomic E-state index is 5.51. The van der Waals surface area contributed by atoms with Crippen LogP contribution in [0.5, 0.6) is 0 Å². The fourth-order valence-electron chi connectivity index (χ4n) is 1.43. The van der Waals surface area contributed by atoms with Crippen LogP contribution in [0.15, 0.2) is 12.2 Å². The Kier molecular flexibility index (Phi) is 5.38. The second-order valence-electron chi connectivity index (χ2n) is 4.95. The zero-order valence-corrected chi connectivity index (χ0v) is 10.4. The topological polar surface area (TPSA) is 29.3 Å². The molecule has 0 saturated heterocycles. The van der Waals surface area contributed by atoms with Crippen molar-refractivity contribution in [2.24, 2.45) is 17.1 Å². The summed E-state index contributed by atoms with van der Waals surface area (Å²) in [4.78, 5) is 2.29. The molecule has 0 fully saturated rings. The van der Waals surface area contributed by atoms with Crippen molar-refractivity contribution in [2.75, 3.05) is 26.7 Å². The van der Waals surface area contributed by atoms with E-state index in [1.165, 1.54) is 5.57 Å². The van der Waals surface area contributed by atoms with Crippen LogP contribution in [-0.2, 0) is 0 Å². The fourth-order valence-corrected chi connectivity index (χ4v) is 1.43. The second kappa shape index (κ2) is 5.52. The van der Waals surface area contributed by atoms with Gasteiger partial charge in [0.2, 0.25) is 0 Å². The normalized spacial score (nSPS) is 14.5. The molecule has 0 aliphatic carbocycles. The summed E-state index contributed by atoms with van der Waals surface area (Å²) in [5.41, 5.74) is 6.98. The van der Waals surface area contributed by atoms with E-state index in [2.05, 4.69) is 46.2 Å². The van der Waals surface area contributed by atoms with Gasteiger partial charge < -0.3 is 10.6 Å². The molecular weight excluding hydrogens is 172 g/mol. The molecule has 0 spiro atoms. The third-order valence-corrected chi connectivity index (χ3v) is 3.43. The number of hydrogen-bond acceptors (Lipinski definition) is 2. The van der Waals surface area contributed by atoms with Gasteiger partial charge in [-0.15, -0.1) is 0 Å². The number of nitrogens with zero attached hydrogens (tertiary/aromatic N) is 1. The van der Waals surface area contributed by atoms with Gasteiger partial charge in [-0.2, -0.15) is 0 Å². The predicted octanol–water partition coefficient (Wildman–Crippen LogP) is 2.12. The highest BCUT2D eigenvalue weighted by Crippen LogP contribution is 2.33. The average Bonchev–Trinajstić information content (AvgIpc) is 2.03. The van der Waals surface area contributed by atoms with Crippen LogP contribution in [-0.4, -0.2) is 31.6 Å². The summed E-state index contributed by atoms with van der Waals surface area (Å²) in [7, 11) is 2.12. The maximum Gasteiger partial charge on any atom is 0.0102 e. The summed E-state index contributed by atoms with van der Waals surface area (Å²) < 4.78 is 0. The second-order valence-corrected chi connectivity index (χ2v) is 4.95. The van der Waals surface area contributed by atoms with E-state index in [-0.39, 0.29) is 5.41 Å². The van der Waals surface area contributed by atoms with Gasteiger partial charge in [-0.05, 0) is 25.3 Å². The highest BCUT2D eigenvalue weighted by atomic mass is 15.1. The molecular formula is C12H26N2. The summed E-state index contributed by atoms with van der Waals surface area (Å²) in [6.45, 7) is 15.8. The highest BCUT2D eigenvalue weighted by molar-refractivity contribution is 5.05. The van der Waals surface area contributed by atoms with Crippen LogP contribution in [0.4, 0.5) is 0 Å². The van der Waals surface area contributed by atoms with Crippen molar-refractivity contribution in [1.82, 2.24) is 4.90 Å². The van der Waals surface area contributed by atoms with Crippen LogP contribution in [0.3, 0.4) is 0 Å². The lowest BCUT2D eigenvalue weighted by Crippen LogP contribution is -2.35. The van der Waals surface area contributed by atoms with Crippen molar-refractivity contribution < 1.29 is 0 Å². The number of hydrogen-bond donors (Lipinski definition) is 1. The molecule has 0 bridgehead atoms. The first-order chi connectivity index (χ1) is 6.32. The Hall–Kier alpha value is -0.340. The molecule has 0 saturated carbocycles. The molecule has 2 heteroatoms. The molecule has 14 heavy (non-hydrogen) atoms. The molecule has 1 atom stereocenters. The molecule has 0 aromatic heterocycles. The smallest absolute Gasteiger partial charge is 0.0102 e. The summed E-state index contributed by atoms with van der Waals surface area (Å²) in [6, 6.07) is 0. The lowest BCUT2D eigenvalue weighted by atomic mass is 9.75. The van der Waals surface area contributed by atoms with E-state index in [1.807, 2.05) is 0 Å². The van der Waals surface area contributed by atoms with Gasteiger partial charge >= 0.3 is 0 Å². The van der Waals surface area contributed by atoms with Crippen molar-refractivity contribution in [3.05, 3.63) is 12.2 Å². The van der Waals surface area contributed by atoms with Crippen molar-refractivity contribution in [1.29, 1.82) is 0 Å². The van der Waals surface area contributed by atoms with Gasteiger partial charge in [-0.25, -0.2) is 0 Å². The molecule has 0 rings (SSSR count). The van der Waals surface area contributed by atoms with E-state index in [0.29, 0.717) is 5.92 Å². The van der Waals surface area contributed by atoms with Gasteiger partial charge in [0.05, 0.1) is 0 Å². The first-order valence-corrected chi connectivity index (χ1v) is 5.37. The van der Waals surface area contributed by atoms with Gasteiger partial charge in [0.25, 0.3) is 0 Å². The summed E-state index contributed by atoms with van der Waals surface area (Å²) in [6.07, 6.45) is 0. The van der Waals surface area contributed by atoms with Gasteiger partial charge in [0, 0.05) is 19.6 Å². The summed E-state index contributed by atoms with van der Waals surface area (Å²) in [5, 5.41) is 0. The Balaban J connectivity index is 4.19. The first-order valence-electron chi connectivity index (χ1n) is 5.37. The van der Waals surface area contributed by atoms with Crippen LogP contribution >= 0.6 is 0 Å². The predicted molar refractivity (Wildman–Crippen MR) is 64.3 cm³/mol. The minimum Gasteiger partial charge on any atom is -0.329 e. The molecule has 0 aromatic rings. The molecule has 0 aliphatic heterocycles. The van der Waals surface area contributed by atoms with Gasteiger partial charge in [0.15, 0.2) is 0 Å². The quantitative estimate of drug-likeness (QED) is 0.662. The Morgan fingerprint density at radius 3 is 2.36 bits per heavy atom. The largest absolute Gasteiger partial charge is 0.329 e. The molecule has 0 aromatic carbocycles. The molecule has 84 valence electrons. The van der Waals surface area contributed by atoms with Gasteiger partial charge in [-0.3, -0.25) is 0 Å². The Morgan fingerprint density at radius 1 is 1.50 bits per heavy atom. The highest BCUT2D eigenvalue weighted by Gasteiger charge is 2.27. The molecule has 2 nitrogen and oxygen atoms in total. The summed E-state index contributed by atoms with van der Waals surface area (Å²) >= 11 is 0. The van der Waals surface area contributed by atoms with Gasteiger partial charge in [0.1, 0.15) is 0 Å². The molecule has 1 unspecified atom stereocenters. The van der Waals surface area contributed by atoms with Crippen molar-refractivity contribution >= 4 is 0 Å². The van der Waals surface area contributed by atoms with Crippen LogP contribution in [0.25, 0.3) is 0 Å². The van der Waals surface area contributed by atoms with E-state index in [4.69, 9.17) is 5.73 Å². The number of rotatable bonds is 6. The van der Waals surface area contributed by atoms with Crippen molar-refractivity contribution in [2.45, 2.75) is 27.7 Å². The lowest BCUT2D eigenvalue weighted by molar-refractivity contribution is 0.200. The van der Waals surface area contributed by atoms with Crippen LogP contribution in [0.1, 0.15) is 27.7 Å². The maximum atomic E-state index is 5.51. The third kappa shape index (κ3) is 3.81. The van der Waals surface area contributed by atoms with E-state index in [1.54, 1.807) is 0 Å². The van der Waals surface area contributed by atoms with Crippen molar-refractivity contribution in [3.8, 4) is 0 Å². The average molecular weight is 198 g/mol. The number of nitrogens with two attached hydrogens (primary N) is 1. The molecule has 0 radical (unpaired) electrons.